The molecule has 33 heavy (non-hydrogen) atoms. The molecule has 154 valence electrons. The predicted molar refractivity (Wildman–Crippen MR) is 133 cm³/mol. The van der Waals surface area contributed by atoms with E-state index in [0.29, 0.717) is 0 Å². The van der Waals surface area contributed by atoms with Crippen molar-refractivity contribution in [1.82, 2.24) is 9.55 Å². The van der Waals surface area contributed by atoms with Gasteiger partial charge in [0.15, 0.2) is 5.58 Å². The molecule has 0 aliphatic heterocycles. The molecule has 0 spiro atoms. The minimum atomic E-state index is 0.811. The highest BCUT2D eigenvalue weighted by atomic mass is 16.3. The van der Waals surface area contributed by atoms with E-state index < -0.39 is 0 Å². The molecule has 8 rings (SSSR count). The first-order chi connectivity index (χ1) is 16.4. The normalized spacial score (nSPS) is 12.2. The van der Waals surface area contributed by atoms with E-state index in [1.165, 1.54) is 0 Å². The third kappa shape index (κ3) is 2.12. The SMILES string of the molecule is c1ccc(-n2c3ccccc3c3c4oc5c(ccc6oc7ccccc7c65)c4ncc32)cc1. The van der Waals surface area contributed by atoms with E-state index in [9.17, 15) is 0 Å². The Morgan fingerprint density at radius 3 is 2.24 bits per heavy atom. The van der Waals surface area contributed by atoms with Gasteiger partial charge in [-0.2, -0.15) is 0 Å². The van der Waals surface area contributed by atoms with Crippen LogP contribution < -0.4 is 0 Å². The van der Waals surface area contributed by atoms with Gasteiger partial charge >= 0.3 is 0 Å². The van der Waals surface area contributed by atoms with Crippen LogP contribution in [0.1, 0.15) is 0 Å². The summed E-state index contributed by atoms with van der Waals surface area (Å²) in [7, 11) is 0. The fraction of sp³-hybridized carbons (Fsp3) is 0. The fourth-order valence-electron chi connectivity index (χ4n) is 5.25. The van der Waals surface area contributed by atoms with Gasteiger partial charge in [-0.3, -0.25) is 0 Å². The number of benzene rings is 4. The van der Waals surface area contributed by atoms with Crippen molar-refractivity contribution in [2.75, 3.05) is 0 Å². The Hall–Kier alpha value is -4.57. The predicted octanol–water partition coefficient (Wildman–Crippen LogP) is 7.98. The second kappa shape index (κ2) is 6.02. The van der Waals surface area contributed by atoms with Crippen molar-refractivity contribution in [2.45, 2.75) is 0 Å². The molecule has 8 aromatic rings. The molecule has 0 saturated heterocycles. The molecule has 0 aliphatic carbocycles. The number of furan rings is 2. The third-order valence-corrected chi connectivity index (χ3v) is 6.64. The molecule has 0 atom stereocenters. The Balaban J connectivity index is 1.60. The fourth-order valence-corrected chi connectivity index (χ4v) is 5.25. The zero-order valence-corrected chi connectivity index (χ0v) is 17.4. The van der Waals surface area contributed by atoms with Gasteiger partial charge in [0.25, 0.3) is 0 Å². The summed E-state index contributed by atoms with van der Waals surface area (Å²) in [6.07, 6.45) is 1.97. The van der Waals surface area contributed by atoms with Gasteiger partial charge in [-0.05, 0) is 36.4 Å². The Labute approximate surface area is 187 Å². The van der Waals surface area contributed by atoms with Crippen LogP contribution in [0.3, 0.4) is 0 Å². The highest BCUT2D eigenvalue weighted by Gasteiger charge is 2.21. The topological polar surface area (TPSA) is 44.1 Å². The second-order valence-corrected chi connectivity index (χ2v) is 8.40. The Morgan fingerprint density at radius 1 is 0.545 bits per heavy atom. The Kier molecular flexibility index (Phi) is 3.11. The van der Waals surface area contributed by atoms with E-state index in [1.807, 2.05) is 36.5 Å². The van der Waals surface area contributed by atoms with Crippen molar-refractivity contribution in [1.29, 1.82) is 0 Å². The van der Waals surface area contributed by atoms with Gasteiger partial charge in [0.05, 0.1) is 28.0 Å². The Bertz CT molecular complexity index is 2020. The first-order valence-corrected chi connectivity index (χ1v) is 11.0. The van der Waals surface area contributed by atoms with Crippen molar-refractivity contribution in [3.8, 4) is 5.69 Å². The molecule has 0 unspecified atom stereocenters. The minimum absolute atomic E-state index is 0.811. The summed E-state index contributed by atoms with van der Waals surface area (Å²) in [6, 6.07) is 31.0. The number of pyridine rings is 1. The highest BCUT2D eigenvalue weighted by Crippen LogP contribution is 2.42. The van der Waals surface area contributed by atoms with Crippen LogP contribution in [0.25, 0.3) is 71.5 Å². The lowest BCUT2D eigenvalue weighted by atomic mass is 10.1. The van der Waals surface area contributed by atoms with Crippen molar-refractivity contribution in [3.05, 3.63) is 97.2 Å². The van der Waals surface area contributed by atoms with Gasteiger partial charge in [0.2, 0.25) is 0 Å². The van der Waals surface area contributed by atoms with Crippen molar-refractivity contribution < 1.29 is 8.83 Å². The van der Waals surface area contributed by atoms with Crippen LogP contribution in [0.4, 0.5) is 0 Å². The molecule has 0 amide bonds. The molecule has 4 aromatic heterocycles. The quantitative estimate of drug-likeness (QED) is 0.268. The number of hydrogen-bond acceptors (Lipinski definition) is 3. The van der Waals surface area contributed by atoms with E-state index in [2.05, 4.69) is 65.2 Å². The molecule has 4 aromatic carbocycles. The molecular weight excluding hydrogens is 408 g/mol. The van der Waals surface area contributed by atoms with Crippen molar-refractivity contribution in [3.63, 3.8) is 0 Å². The molecule has 4 heteroatoms. The van der Waals surface area contributed by atoms with Gasteiger partial charge in [0.1, 0.15) is 22.3 Å². The maximum atomic E-state index is 6.67. The maximum absolute atomic E-state index is 6.67. The average molecular weight is 424 g/mol. The third-order valence-electron chi connectivity index (χ3n) is 6.64. The summed E-state index contributed by atoms with van der Waals surface area (Å²) in [4.78, 5) is 4.90. The smallest absolute Gasteiger partial charge is 0.163 e. The summed E-state index contributed by atoms with van der Waals surface area (Å²) in [5, 5.41) is 5.29. The summed E-state index contributed by atoms with van der Waals surface area (Å²) >= 11 is 0. The minimum Gasteiger partial charge on any atom is -0.456 e. The van der Waals surface area contributed by atoms with Gasteiger partial charge in [0, 0.05) is 21.8 Å². The van der Waals surface area contributed by atoms with Crippen LogP contribution in [0, 0.1) is 0 Å². The molecule has 0 radical (unpaired) electrons. The zero-order chi connectivity index (χ0) is 21.5. The van der Waals surface area contributed by atoms with E-state index >= 15 is 0 Å². The number of hydrogen-bond donors (Lipinski definition) is 0. The van der Waals surface area contributed by atoms with E-state index in [-0.39, 0.29) is 0 Å². The molecule has 4 nitrogen and oxygen atoms in total. The van der Waals surface area contributed by atoms with Crippen molar-refractivity contribution in [2.24, 2.45) is 0 Å². The number of para-hydroxylation sites is 3. The van der Waals surface area contributed by atoms with Crippen LogP contribution >= 0.6 is 0 Å². The zero-order valence-electron chi connectivity index (χ0n) is 17.4. The number of fused-ring (bicyclic) bond motifs is 11. The van der Waals surface area contributed by atoms with Crippen LogP contribution in [0.5, 0.6) is 0 Å². The van der Waals surface area contributed by atoms with E-state index in [1.54, 1.807) is 0 Å². The second-order valence-electron chi connectivity index (χ2n) is 8.40. The van der Waals surface area contributed by atoms with E-state index in [4.69, 9.17) is 13.8 Å². The van der Waals surface area contributed by atoms with Crippen LogP contribution in [0.15, 0.2) is 106 Å². The first-order valence-electron chi connectivity index (χ1n) is 11.0. The first kappa shape index (κ1) is 17.0. The molecule has 0 bridgehead atoms. The lowest BCUT2D eigenvalue weighted by molar-refractivity contribution is 0.664. The van der Waals surface area contributed by atoms with Gasteiger partial charge < -0.3 is 13.4 Å². The molecule has 0 saturated carbocycles. The highest BCUT2D eigenvalue weighted by molar-refractivity contribution is 6.26. The lowest BCUT2D eigenvalue weighted by Crippen LogP contribution is -1.93. The van der Waals surface area contributed by atoms with Gasteiger partial charge in [-0.1, -0.05) is 54.6 Å². The van der Waals surface area contributed by atoms with Gasteiger partial charge in [-0.15, -0.1) is 0 Å². The van der Waals surface area contributed by atoms with Crippen LogP contribution in [-0.4, -0.2) is 9.55 Å². The van der Waals surface area contributed by atoms with E-state index in [0.717, 1.165) is 71.5 Å². The standard InChI is InChI=1S/C29H16N2O2/c1-2-8-17(9-3-1)31-21-12-6-4-10-18(21)25-22(31)16-30-27-20-14-15-24-26(28(20)33-29(25)27)19-11-5-7-13-23(19)32-24/h1-16H. The van der Waals surface area contributed by atoms with Crippen molar-refractivity contribution >= 4 is 65.8 Å². The maximum Gasteiger partial charge on any atom is 0.163 e. The van der Waals surface area contributed by atoms with Crippen LogP contribution in [0.2, 0.25) is 0 Å². The number of aromatic nitrogens is 2. The largest absolute Gasteiger partial charge is 0.456 e. The molecule has 0 aliphatic rings. The summed E-state index contributed by atoms with van der Waals surface area (Å²) in [5.74, 6) is 0. The summed E-state index contributed by atoms with van der Waals surface area (Å²) in [5.41, 5.74) is 7.46. The van der Waals surface area contributed by atoms with Crippen LogP contribution in [-0.2, 0) is 0 Å². The molecule has 0 fully saturated rings. The summed E-state index contributed by atoms with van der Waals surface area (Å²) < 4.78 is 15.0. The van der Waals surface area contributed by atoms with Gasteiger partial charge in [-0.25, -0.2) is 4.98 Å². The Morgan fingerprint density at radius 2 is 1.33 bits per heavy atom. The summed E-state index contributed by atoms with van der Waals surface area (Å²) in [6.45, 7) is 0. The number of nitrogens with zero attached hydrogens (tertiary/aromatic N) is 2. The average Bonchev–Trinajstić information content (AvgIpc) is 3.53. The lowest BCUT2D eigenvalue weighted by Gasteiger charge is -2.06. The number of rotatable bonds is 1. The molecule has 4 heterocycles. The molecular formula is C29H16N2O2. The molecule has 0 N–H and O–H groups in total. The monoisotopic (exact) mass is 424 g/mol.